The van der Waals surface area contributed by atoms with Gasteiger partial charge in [-0.05, 0) is 12.1 Å². The first-order valence-corrected chi connectivity index (χ1v) is 5.12. The molecule has 0 aliphatic carbocycles. The first-order valence-electron chi connectivity index (χ1n) is 3.96. The zero-order valence-electron chi connectivity index (χ0n) is 7.30. The van der Waals surface area contributed by atoms with Crippen LogP contribution in [0.25, 0.3) is 0 Å². The molecule has 0 spiro atoms. The van der Waals surface area contributed by atoms with E-state index >= 15 is 0 Å². The highest BCUT2D eigenvalue weighted by Crippen LogP contribution is 2.27. The van der Waals surface area contributed by atoms with Crippen LogP contribution in [-0.2, 0) is 0 Å². The second-order valence-corrected chi connectivity index (χ2v) is 4.01. The summed E-state index contributed by atoms with van der Waals surface area (Å²) in [6, 6.07) is 5.04. The first-order chi connectivity index (χ1) is 6.59. The van der Waals surface area contributed by atoms with Crippen LogP contribution < -0.4 is 10.5 Å². The summed E-state index contributed by atoms with van der Waals surface area (Å²) in [7, 11) is 0. The van der Waals surface area contributed by atoms with Crippen LogP contribution in [0.15, 0.2) is 18.2 Å². The molecule has 1 aromatic carbocycles. The Hall–Kier alpha value is -0.510. The molecule has 0 atom stereocenters. The van der Waals surface area contributed by atoms with Crippen LogP contribution in [0, 0.1) is 0 Å². The van der Waals surface area contributed by atoms with E-state index in [1.165, 1.54) is 0 Å². The molecule has 0 fully saturated rings. The number of hydrogen-bond acceptors (Lipinski definition) is 2. The van der Waals surface area contributed by atoms with Crippen molar-refractivity contribution >= 4 is 40.4 Å². The summed E-state index contributed by atoms with van der Waals surface area (Å²) < 4.78 is 5.34. The number of ether oxygens (including phenoxy) is 1. The van der Waals surface area contributed by atoms with Crippen LogP contribution in [-0.4, -0.2) is 11.6 Å². The molecule has 76 valence electrons. The third-order valence-corrected chi connectivity index (χ3v) is 2.25. The smallest absolute Gasteiger partial charge is 0.139 e. The third kappa shape index (κ3) is 3.70. The molecular formula is C9H9Cl2NOS. The van der Waals surface area contributed by atoms with Crippen molar-refractivity contribution in [2.45, 2.75) is 6.42 Å². The molecule has 0 bridgehead atoms. The van der Waals surface area contributed by atoms with Gasteiger partial charge in [0, 0.05) is 17.5 Å². The van der Waals surface area contributed by atoms with Gasteiger partial charge in [-0.15, -0.1) is 0 Å². The molecule has 0 amide bonds. The van der Waals surface area contributed by atoms with Crippen LogP contribution >= 0.6 is 35.4 Å². The van der Waals surface area contributed by atoms with Gasteiger partial charge in [-0.3, -0.25) is 0 Å². The second kappa shape index (κ2) is 5.39. The molecule has 0 aliphatic rings. The molecular weight excluding hydrogens is 241 g/mol. The number of halogens is 2. The summed E-state index contributed by atoms with van der Waals surface area (Å²) in [4.78, 5) is 0.420. The van der Waals surface area contributed by atoms with Crippen molar-refractivity contribution in [3.63, 3.8) is 0 Å². The van der Waals surface area contributed by atoms with Crippen molar-refractivity contribution in [2.75, 3.05) is 6.61 Å². The number of hydrogen-bond donors (Lipinski definition) is 1. The van der Waals surface area contributed by atoms with Gasteiger partial charge in [0.1, 0.15) is 5.75 Å². The Kier molecular flexibility index (Phi) is 4.45. The number of nitrogens with two attached hydrogens (primary N) is 1. The zero-order valence-corrected chi connectivity index (χ0v) is 9.62. The Labute approximate surface area is 97.9 Å². The maximum Gasteiger partial charge on any atom is 0.139 e. The molecule has 1 rings (SSSR count). The lowest BCUT2D eigenvalue weighted by Gasteiger charge is -2.07. The maximum absolute atomic E-state index is 5.86. The summed E-state index contributed by atoms with van der Waals surface area (Å²) in [6.07, 6.45) is 0.526. The van der Waals surface area contributed by atoms with Crippen LogP contribution in [0.2, 0.25) is 10.0 Å². The van der Waals surface area contributed by atoms with Gasteiger partial charge in [0.2, 0.25) is 0 Å². The van der Waals surface area contributed by atoms with E-state index in [1.54, 1.807) is 18.2 Å². The van der Waals surface area contributed by atoms with E-state index in [9.17, 15) is 0 Å². The monoisotopic (exact) mass is 249 g/mol. The van der Waals surface area contributed by atoms with Crippen LogP contribution in [0.1, 0.15) is 6.42 Å². The third-order valence-electron chi connectivity index (χ3n) is 1.50. The number of thiocarbonyl (C=S) groups is 1. The molecule has 0 aliphatic heterocycles. The molecule has 2 N–H and O–H groups in total. The molecule has 1 aromatic rings. The molecule has 0 saturated heterocycles. The summed E-state index contributed by atoms with van der Waals surface area (Å²) in [5, 5.41) is 1.11. The molecule has 0 radical (unpaired) electrons. The van der Waals surface area contributed by atoms with Crippen molar-refractivity contribution in [2.24, 2.45) is 5.73 Å². The molecule has 0 aromatic heterocycles. The van der Waals surface area contributed by atoms with E-state index in [0.717, 1.165) is 0 Å². The Morgan fingerprint density at radius 1 is 1.43 bits per heavy atom. The maximum atomic E-state index is 5.86. The predicted octanol–water partition coefficient (Wildman–Crippen LogP) is 3.05. The number of rotatable bonds is 4. The minimum Gasteiger partial charge on any atom is -0.492 e. The Balaban J connectivity index is 2.57. The predicted molar refractivity (Wildman–Crippen MR) is 63.4 cm³/mol. The van der Waals surface area contributed by atoms with Crippen molar-refractivity contribution < 1.29 is 4.74 Å². The van der Waals surface area contributed by atoms with Gasteiger partial charge in [0.15, 0.2) is 0 Å². The van der Waals surface area contributed by atoms with E-state index in [-0.39, 0.29) is 0 Å². The largest absolute Gasteiger partial charge is 0.492 e. The molecule has 2 nitrogen and oxygen atoms in total. The van der Waals surface area contributed by atoms with E-state index in [0.29, 0.717) is 33.8 Å². The molecule has 0 heterocycles. The fraction of sp³-hybridized carbons (Fsp3) is 0.222. The van der Waals surface area contributed by atoms with Crippen LogP contribution in [0.3, 0.4) is 0 Å². The molecule has 0 saturated carbocycles. The van der Waals surface area contributed by atoms with Gasteiger partial charge in [0.25, 0.3) is 0 Å². The van der Waals surface area contributed by atoms with Gasteiger partial charge in [0.05, 0.1) is 16.6 Å². The lowest BCUT2D eigenvalue weighted by Crippen LogP contribution is -2.12. The van der Waals surface area contributed by atoms with Gasteiger partial charge in [-0.25, -0.2) is 0 Å². The van der Waals surface area contributed by atoms with Crippen LogP contribution in [0.4, 0.5) is 0 Å². The highest BCUT2D eigenvalue weighted by Gasteiger charge is 2.02. The second-order valence-electron chi connectivity index (χ2n) is 2.64. The Morgan fingerprint density at radius 3 is 2.79 bits per heavy atom. The van der Waals surface area contributed by atoms with E-state index in [2.05, 4.69) is 0 Å². The Bertz CT molecular complexity index is 344. The highest BCUT2D eigenvalue weighted by molar-refractivity contribution is 7.80. The molecule has 0 unspecified atom stereocenters. The number of benzene rings is 1. The van der Waals surface area contributed by atoms with Gasteiger partial charge >= 0.3 is 0 Å². The summed E-state index contributed by atoms with van der Waals surface area (Å²) in [5.74, 6) is 0.551. The lowest BCUT2D eigenvalue weighted by atomic mass is 10.3. The van der Waals surface area contributed by atoms with Crippen molar-refractivity contribution in [3.05, 3.63) is 28.2 Å². The standard InChI is InChI=1S/C9H9Cl2NOS/c10-6-1-2-7(11)8(5-6)13-4-3-9(12)14/h1-2,5H,3-4H2,(H2,12,14). The summed E-state index contributed by atoms with van der Waals surface area (Å²) in [6.45, 7) is 0.412. The Morgan fingerprint density at radius 2 is 2.14 bits per heavy atom. The molecule has 5 heteroatoms. The fourth-order valence-electron chi connectivity index (χ4n) is 0.849. The average molecular weight is 250 g/mol. The van der Waals surface area contributed by atoms with Crippen LogP contribution in [0.5, 0.6) is 5.75 Å². The quantitative estimate of drug-likeness (QED) is 0.834. The van der Waals surface area contributed by atoms with Gasteiger partial charge in [-0.2, -0.15) is 0 Å². The fourth-order valence-corrected chi connectivity index (χ4v) is 1.27. The minimum absolute atomic E-state index is 0.412. The van der Waals surface area contributed by atoms with Crippen molar-refractivity contribution in [1.82, 2.24) is 0 Å². The first kappa shape index (κ1) is 11.6. The summed E-state index contributed by atoms with van der Waals surface area (Å²) >= 11 is 16.3. The normalized spacial score (nSPS) is 9.86. The highest BCUT2D eigenvalue weighted by atomic mass is 35.5. The zero-order chi connectivity index (χ0) is 10.6. The van der Waals surface area contributed by atoms with Crippen molar-refractivity contribution in [1.29, 1.82) is 0 Å². The van der Waals surface area contributed by atoms with E-state index in [4.69, 9.17) is 45.9 Å². The average Bonchev–Trinajstić information content (AvgIpc) is 2.10. The summed E-state index contributed by atoms with van der Waals surface area (Å²) in [5.41, 5.74) is 5.32. The van der Waals surface area contributed by atoms with E-state index in [1.807, 2.05) is 0 Å². The van der Waals surface area contributed by atoms with Gasteiger partial charge in [-0.1, -0.05) is 35.4 Å². The topological polar surface area (TPSA) is 35.2 Å². The molecule has 14 heavy (non-hydrogen) atoms. The SMILES string of the molecule is NC(=S)CCOc1cc(Cl)ccc1Cl. The minimum atomic E-state index is 0.412. The van der Waals surface area contributed by atoms with E-state index < -0.39 is 0 Å². The van der Waals surface area contributed by atoms with Crippen molar-refractivity contribution in [3.8, 4) is 5.75 Å². The lowest BCUT2D eigenvalue weighted by molar-refractivity contribution is 0.330. The van der Waals surface area contributed by atoms with Gasteiger partial charge < -0.3 is 10.5 Å².